The van der Waals surface area contributed by atoms with E-state index in [9.17, 15) is 18.0 Å². The molecule has 10 heteroatoms. The first kappa shape index (κ1) is 29.5. The molecule has 0 aliphatic heterocycles. The molecule has 1 aliphatic carbocycles. The Kier molecular flexibility index (Phi) is 11.0. The Hall–Kier alpha value is -3.05. The molecule has 0 spiro atoms. The largest absolute Gasteiger partial charge is 0.461 e. The first-order valence-corrected chi connectivity index (χ1v) is 14.3. The zero-order valence-electron chi connectivity index (χ0n) is 22.0. The number of carbonyl (C=O) groups excluding carboxylic acids is 2. The predicted molar refractivity (Wildman–Crippen MR) is 143 cm³/mol. The second-order valence-corrected chi connectivity index (χ2v) is 11.3. The minimum Gasteiger partial charge on any atom is -0.461 e. The molecule has 1 amide bonds. The maximum Gasteiger partial charge on any atom is 0.329 e. The first-order valence-electron chi connectivity index (χ1n) is 12.8. The fourth-order valence-electron chi connectivity index (χ4n) is 3.85. The number of benzene rings is 2. The van der Waals surface area contributed by atoms with Crippen molar-refractivity contribution >= 4 is 28.0 Å². The van der Waals surface area contributed by atoms with E-state index >= 15 is 0 Å². The average molecular weight is 545 g/mol. The van der Waals surface area contributed by atoms with Gasteiger partial charge in [-0.1, -0.05) is 56.3 Å². The van der Waals surface area contributed by atoms with E-state index in [2.05, 4.69) is 10.2 Å². The van der Waals surface area contributed by atoms with Gasteiger partial charge >= 0.3 is 5.97 Å². The molecule has 1 aliphatic rings. The third kappa shape index (κ3) is 9.36. The summed E-state index contributed by atoms with van der Waals surface area (Å²) >= 11 is 0. The van der Waals surface area contributed by atoms with E-state index in [4.69, 9.17) is 14.3 Å². The van der Waals surface area contributed by atoms with E-state index in [1.807, 2.05) is 13.8 Å². The van der Waals surface area contributed by atoms with Crippen molar-refractivity contribution in [3.8, 4) is 0 Å². The average Bonchev–Trinajstić information content (AvgIpc) is 3.42. The number of esters is 1. The van der Waals surface area contributed by atoms with Gasteiger partial charge in [-0.2, -0.15) is 4.72 Å². The van der Waals surface area contributed by atoms with Crippen LogP contribution in [0.15, 0.2) is 65.6 Å². The Bertz CT molecular complexity index is 1190. The topological polar surface area (TPSA) is 120 Å². The zero-order chi connectivity index (χ0) is 27.5. The van der Waals surface area contributed by atoms with E-state index in [1.165, 1.54) is 24.3 Å². The Balaban J connectivity index is 1.68. The molecule has 0 aromatic heterocycles. The van der Waals surface area contributed by atoms with Crippen molar-refractivity contribution in [2.45, 2.75) is 69.8 Å². The highest BCUT2D eigenvalue weighted by Gasteiger charge is 2.31. The Morgan fingerprint density at radius 2 is 1.74 bits per heavy atom. The lowest BCUT2D eigenvalue weighted by molar-refractivity contribution is -0.180. The third-order valence-corrected chi connectivity index (χ3v) is 7.23. The van der Waals surface area contributed by atoms with Crippen LogP contribution in [0, 0.1) is 5.92 Å². The highest BCUT2D eigenvalue weighted by atomic mass is 32.2. The van der Waals surface area contributed by atoms with Crippen molar-refractivity contribution < 1.29 is 32.3 Å². The van der Waals surface area contributed by atoms with E-state index in [1.54, 1.807) is 49.4 Å². The summed E-state index contributed by atoms with van der Waals surface area (Å²) in [4.78, 5) is 30.2. The van der Waals surface area contributed by atoms with Gasteiger partial charge in [0, 0.05) is 6.08 Å². The molecule has 9 nitrogen and oxygen atoms in total. The number of sulfonamides is 1. The van der Waals surface area contributed by atoms with Crippen LogP contribution in [0.4, 0.5) is 0 Å². The number of hydrogen-bond acceptors (Lipinski definition) is 7. The van der Waals surface area contributed by atoms with Crippen LogP contribution in [0.1, 0.15) is 63.6 Å². The summed E-state index contributed by atoms with van der Waals surface area (Å²) in [6.07, 6.45) is 5.37. The van der Waals surface area contributed by atoms with Crippen LogP contribution < -0.4 is 10.2 Å². The maximum absolute atomic E-state index is 13.3. The van der Waals surface area contributed by atoms with Gasteiger partial charge < -0.3 is 9.47 Å². The summed E-state index contributed by atoms with van der Waals surface area (Å²) in [7, 11) is -4.11. The predicted octanol–water partition coefficient (Wildman–Crippen LogP) is 4.27. The van der Waals surface area contributed by atoms with Gasteiger partial charge in [0.05, 0.1) is 11.5 Å². The summed E-state index contributed by atoms with van der Waals surface area (Å²) < 4.78 is 40.1. The molecular formula is C28H36N2O7S. The second-order valence-electron chi connectivity index (χ2n) is 9.59. The smallest absolute Gasteiger partial charge is 0.329 e. The van der Waals surface area contributed by atoms with Crippen molar-refractivity contribution in [2.24, 2.45) is 5.92 Å². The number of nitrogens with one attached hydrogen (secondary N) is 2. The summed E-state index contributed by atoms with van der Waals surface area (Å²) in [5.74, 6) is -0.836. The minimum atomic E-state index is -4.11. The number of rotatable bonds is 13. The highest BCUT2D eigenvalue weighted by Crippen LogP contribution is 2.25. The first-order chi connectivity index (χ1) is 18.1. The van der Waals surface area contributed by atoms with Crippen molar-refractivity contribution in [3.63, 3.8) is 0 Å². The third-order valence-electron chi connectivity index (χ3n) is 5.81. The molecule has 3 rings (SSSR count). The van der Waals surface area contributed by atoms with Crippen LogP contribution in [0.25, 0.3) is 6.08 Å². The lowest BCUT2D eigenvalue weighted by Gasteiger charge is -2.20. The standard InChI is InChI=1S/C28H36N2O7S/c1-20(2)19-35-21(3)37-29-26(31)17-16-22-10-9-15-25(18-22)38(33,34)30-27(23-11-5-4-6-12-23)28(32)36-24-13-7-8-14-24/h4-6,9-12,15-18,20-21,24,27,30H,7-8,13-14,19H2,1-3H3,(H,29,31)/b17-16+/t21?,27-/m0/s1. The van der Waals surface area contributed by atoms with Crippen molar-refractivity contribution in [1.29, 1.82) is 0 Å². The fourth-order valence-corrected chi connectivity index (χ4v) is 5.08. The molecule has 1 fully saturated rings. The quantitative estimate of drug-likeness (QED) is 0.167. The summed E-state index contributed by atoms with van der Waals surface area (Å²) in [5.41, 5.74) is 3.23. The summed E-state index contributed by atoms with van der Waals surface area (Å²) in [6.45, 7) is 6.16. The fraction of sp³-hybridized carbons (Fsp3) is 0.429. The molecular weight excluding hydrogens is 508 g/mol. The van der Waals surface area contributed by atoms with E-state index in [0.717, 1.165) is 25.7 Å². The van der Waals surface area contributed by atoms with E-state index in [0.29, 0.717) is 23.7 Å². The van der Waals surface area contributed by atoms with Gasteiger partial charge in [-0.3, -0.25) is 4.79 Å². The normalized spacial score (nSPS) is 16.0. The number of amides is 1. The van der Waals surface area contributed by atoms with E-state index < -0.39 is 34.2 Å². The zero-order valence-corrected chi connectivity index (χ0v) is 22.8. The van der Waals surface area contributed by atoms with Gasteiger partial charge in [0.2, 0.25) is 10.0 Å². The monoisotopic (exact) mass is 544 g/mol. The lowest BCUT2D eigenvalue weighted by Crippen LogP contribution is -2.36. The van der Waals surface area contributed by atoms with Gasteiger partial charge in [-0.15, -0.1) is 0 Å². The highest BCUT2D eigenvalue weighted by molar-refractivity contribution is 7.89. The number of hydrogen-bond donors (Lipinski definition) is 2. The molecule has 0 saturated heterocycles. The van der Waals surface area contributed by atoms with Crippen LogP contribution in [0.5, 0.6) is 0 Å². The molecule has 1 unspecified atom stereocenters. The molecule has 2 N–H and O–H groups in total. The molecule has 0 heterocycles. The Morgan fingerprint density at radius 1 is 1.03 bits per heavy atom. The molecule has 0 radical (unpaired) electrons. The van der Waals surface area contributed by atoms with Crippen LogP contribution in [-0.2, 0) is 33.9 Å². The molecule has 0 bridgehead atoms. The summed E-state index contributed by atoms with van der Waals surface area (Å²) in [6, 6.07) is 13.5. The minimum absolute atomic E-state index is 0.0541. The summed E-state index contributed by atoms with van der Waals surface area (Å²) in [5, 5.41) is 0. The number of hydroxylamine groups is 1. The second kappa shape index (κ2) is 14.2. The van der Waals surface area contributed by atoms with Gasteiger partial charge in [0.15, 0.2) is 6.29 Å². The number of ether oxygens (including phenoxy) is 2. The molecule has 206 valence electrons. The van der Waals surface area contributed by atoms with Crippen LogP contribution in [-0.4, -0.2) is 39.3 Å². The van der Waals surface area contributed by atoms with Crippen LogP contribution in [0.2, 0.25) is 0 Å². The SMILES string of the molecule is CC(C)COC(C)ONC(=O)/C=C/c1cccc(S(=O)(=O)N[C@H](C(=O)OC2CCCC2)c2ccccc2)c1. The van der Waals surface area contributed by atoms with Crippen LogP contribution in [0.3, 0.4) is 0 Å². The Labute approximate surface area is 224 Å². The van der Waals surface area contributed by atoms with Crippen LogP contribution >= 0.6 is 0 Å². The molecule has 38 heavy (non-hydrogen) atoms. The van der Waals surface area contributed by atoms with Crippen molar-refractivity contribution in [2.75, 3.05) is 6.61 Å². The van der Waals surface area contributed by atoms with Gasteiger partial charge in [-0.05, 0) is 67.9 Å². The van der Waals surface area contributed by atoms with Gasteiger partial charge in [0.25, 0.3) is 5.91 Å². The molecule has 2 atom stereocenters. The molecule has 2 aromatic carbocycles. The number of carbonyl (C=O) groups is 2. The van der Waals surface area contributed by atoms with Crippen molar-refractivity contribution in [3.05, 3.63) is 71.8 Å². The lowest BCUT2D eigenvalue weighted by atomic mass is 10.1. The van der Waals surface area contributed by atoms with Crippen molar-refractivity contribution in [1.82, 2.24) is 10.2 Å². The van der Waals surface area contributed by atoms with Gasteiger partial charge in [0.1, 0.15) is 12.1 Å². The Morgan fingerprint density at radius 3 is 2.42 bits per heavy atom. The molecule has 2 aromatic rings. The van der Waals surface area contributed by atoms with Gasteiger partial charge in [-0.25, -0.2) is 23.5 Å². The van der Waals surface area contributed by atoms with E-state index in [-0.39, 0.29) is 11.0 Å². The molecule has 1 saturated carbocycles. The maximum atomic E-state index is 13.3.